The largest absolute Gasteiger partial charge is 0.459 e. The molecule has 3 rings (SSSR count). The molecule has 0 spiro atoms. The summed E-state index contributed by atoms with van der Waals surface area (Å²) in [5.41, 5.74) is 3.50. The predicted octanol–water partition coefficient (Wildman–Crippen LogP) is 3.95. The standard InChI is InChI=1S/C17H23NO2/c1-11(2)13-5-4-6-14-15(10-19-3)16(20-17(13)14)9-18-12-7-8-12/h4-6,11-12,18H,7-10H2,1-3H3. The van der Waals surface area contributed by atoms with E-state index >= 15 is 0 Å². The molecular weight excluding hydrogens is 250 g/mol. The van der Waals surface area contributed by atoms with Crippen LogP contribution in [0.1, 0.15) is 49.5 Å². The van der Waals surface area contributed by atoms with Crippen LogP contribution in [0.4, 0.5) is 0 Å². The fourth-order valence-corrected chi connectivity index (χ4v) is 2.67. The first-order valence-electron chi connectivity index (χ1n) is 7.46. The summed E-state index contributed by atoms with van der Waals surface area (Å²) in [5.74, 6) is 1.49. The summed E-state index contributed by atoms with van der Waals surface area (Å²) in [5, 5.41) is 4.73. The molecule has 0 unspecified atom stereocenters. The van der Waals surface area contributed by atoms with E-state index in [1.807, 2.05) is 0 Å². The van der Waals surface area contributed by atoms with Gasteiger partial charge in [-0.3, -0.25) is 0 Å². The first-order valence-corrected chi connectivity index (χ1v) is 7.46. The Balaban J connectivity index is 2.02. The topological polar surface area (TPSA) is 34.4 Å². The number of benzene rings is 1. The highest BCUT2D eigenvalue weighted by molar-refractivity contribution is 5.85. The molecule has 1 fully saturated rings. The van der Waals surface area contributed by atoms with E-state index < -0.39 is 0 Å². The normalized spacial score (nSPS) is 15.4. The van der Waals surface area contributed by atoms with E-state index in [4.69, 9.17) is 9.15 Å². The van der Waals surface area contributed by atoms with E-state index in [-0.39, 0.29) is 0 Å². The number of hydrogen-bond donors (Lipinski definition) is 1. The number of methoxy groups -OCH3 is 1. The molecule has 1 aliphatic rings. The number of para-hydroxylation sites is 1. The highest BCUT2D eigenvalue weighted by Gasteiger charge is 2.23. The number of rotatable bonds is 6. The fraction of sp³-hybridized carbons (Fsp3) is 0.529. The zero-order chi connectivity index (χ0) is 14.1. The highest BCUT2D eigenvalue weighted by Crippen LogP contribution is 2.33. The van der Waals surface area contributed by atoms with Crippen LogP contribution in [-0.2, 0) is 17.9 Å². The van der Waals surface area contributed by atoms with E-state index in [0.29, 0.717) is 18.6 Å². The Hall–Kier alpha value is -1.32. The van der Waals surface area contributed by atoms with E-state index in [1.165, 1.54) is 29.4 Å². The van der Waals surface area contributed by atoms with Crippen LogP contribution >= 0.6 is 0 Å². The molecule has 0 radical (unpaired) electrons. The first kappa shape index (κ1) is 13.7. The van der Waals surface area contributed by atoms with Crippen LogP contribution < -0.4 is 5.32 Å². The van der Waals surface area contributed by atoms with Crippen LogP contribution in [0.25, 0.3) is 11.0 Å². The molecule has 108 valence electrons. The van der Waals surface area contributed by atoms with Gasteiger partial charge < -0.3 is 14.5 Å². The molecule has 1 N–H and O–H groups in total. The van der Waals surface area contributed by atoms with Crippen LogP contribution in [0.3, 0.4) is 0 Å². The lowest BCUT2D eigenvalue weighted by Crippen LogP contribution is -2.15. The van der Waals surface area contributed by atoms with Gasteiger partial charge in [0, 0.05) is 24.1 Å². The molecule has 0 bridgehead atoms. The third-order valence-corrected chi connectivity index (χ3v) is 3.97. The van der Waals surface area contributed by atoms with Crippen molar-refractivity contribution in [2.45, 2.75) is 51.8 Å². The van der Waals surface area contributed by atoms with Crippen molar-refractivity contribution in [2.24, 2.45) is 0 Å². The van der Waals surface area contributed by atoms with Crippen LogP contribution in [0, 0.1) is 0 Å². The lowest BCUT2D eigenvalue weighted by Gasteiger charge is -2.05. The van der Waals surface area contributed by atoms with Crippen LogP contribution in [-0.4, -0.2) is 13.2 Å². The Morgan fingerprint density at radius 2 is 2.15 bits per heavy atom. The Labute approximate surface area is 120 Å². The molecular formula is C17H23NO2. The van der Waals surface area contributed by atoms with Gasteiger partial charge >= 0.3 is 0 Å². The maximum Gasteiger partial charge on any atom is 0.138 e. The quantitative estimate of drug-likeness (QED) is 0.865. The van der Waals surface area contributed by atoms with Gasteiger partial charge in [0.25, 0.3) is 0 Å². The number of hydrogen-bond acceptors (Lipinski definition) is 3. The Bertz CT molecular complexity index is 596. The van der Waals surface area contributed by atoms with Crippen LogP contribution in [0.2, 0.25) is 0 Å². The molecule has 1 aliphatic carbocycles. The minimum Gasteiger partial charge on any atom is -0.459 e. The molecule has 20 heavy (non-hydrogen) atoms. The van der Waals surface area contributed by atoms with Gasteiger partial charge in [-0.2, -0.15) is 0 Å². The van der Waals surface area contributed by atoms with E-state index in [9.17, 15) is 0 Å². The van der Waals surface area contributed by atoms with Crippen molar-refractivity contribution in [3.05, 3.63) is 35.1 Å². The summed E-state index contributed by atoms with van der Waals surface area (Å²) in [6.07, 6.45) is 2.58. The molecule has 1 saturated carbocycles. The second kappa shape index (κ2) is 5.58. The average Bonchev–Trinajstić information content (AvgIpc) is 3.19. The van der Waals surface area contributed by atoms with Crippen molar-refractivity contribution in [1.29, 1.82) is 0 Å². The van der Waals surface area contributed by atoms with Crippen LogP contribution in [0.5, 0.6) is 0 Å². The monoisotopic (exact) mass is 273 g/mol. The maximum atomic E-state index is 6.18. The van der Waals surface area contributed by atoms with E-state index in [0.717, 1.165) is 17.9 Å². The van der Waals surface area contributed by atoms with Gasteiger partial charge in [0.1, 0.15) is 11.3 Å². The van der Waals surface area contributed by atoms with Gasteiger partial charge in [-0.15, -0.1) is 0 Å². The van der Waals surface area contributed by atoms with Crippen molar-refractivity contribution >= 4 is 11.0 Å². The zero-order valence-electron chi connectivity index (χ0n) is 12.5. The summed E-state index contributed by atoms with van der Waals surface area (Å²) in [7, 11) is 1.74. The van der Waals surface area contributed by atoms with Crippen molar-refractivity contribution < 1.29 is 9.15 Å². The molecule has 0 amide bonds. The van der Waals surface area contributed by atoms with Crippen LogP contribution in [0.15, 0.2) is 22.6 Å². The summed E-state index contributed by atoms with van der Waals surface area (Å²) in [6, 6.07) is 7.10. The maximum absolute atomic E-state index is 6.18. The number of ether oxygens (including phenoxy) is 1. The van der Waals surface area contributed by atoms with Gasteiger partial charge in [-0.25, -0.2) is 0 Å². The molecule has 1 heterocycles. The lowest BCUT2D eigenvalue weighted by atomic mass is 10.00. The third kappa shape index (κ3) is 2.60. The number of furan rings is 1. The van der Waals surface area contributed by atoms with E-state index in [2.05, 4.69) is 37.4 Å². The second-order valence-corrected chi connectivity index (χ2v) is 5.97. The van der Waals surface area contributed by atoms with Gasteiger partial charge in [-0.1, -0.05) is 32.0 Å². The van der Waals surface area contributed by atoms with E-state index in [1.54, 1.807) is 7.11 Å². The van der Waals surface area contributed by atoms with Gasteiger partial charge in [-0.05, 0) is 24.3 Å². The smallest absolute Gasteiger partial charge is 0.138 e. The molecule has 2 aromatic rings. The van der Waals surface area contributed by atoms with Crippen molar-refractivity contribution in [2.75, 3.05) is 7.11 Å². The molecule has 3 nitrogen and oxygen atoms in total. The fourth-order valence-electron chi connectivity index (χ4n) is 2.67. The summed E-state index contributed by atoms with van der Waals surface area (Å²) in [4.78, 5) is 0. The molecule has 1 aromatic carbocycles. The second-order valence-electron chi connectivity index (χ2n) is 5.97. The first-order chi connectivity index (χ1) is 9.70. The third-order valence-electron chi connectivity index (χ3n) is 3.97. The molecule has 0 saturated heterocycles. The van der Waals surface area contributed by atoms with Crippen molar-refractivity contribution in [3.63, 3.8) is 0 Å². The minimum absolute atomic E-state index is 0.462. The van der Waals surface area contributed by atoms with Gasteiger partial charge in [0.05, 0.1) is 13.2 Å². The SMILES string of the molecule is COCc1c(CNC2CC2)oc2c(C(C)C)cccc12. The minimum atomic E-state index is 0.462. The number of nitrogens with one attached hydrogen (secondary N) is 1. The Morgan fingerprint density at radius 3 is 2.80 bits per heavy atom. The summed E-state index contributed by atoms with van der Waals surface area (Å²) >= 11 is 0. The molecule has 3 heteroatoms. The Kier molecular flexibility index (Phi) is 3.81. The van der Waals surface area contributed by atoms with Crippen molar-refractivity contribution in [1.82, 2.24) is 5.32 Å². The molecule has 0 aliphatic heterocycles. The molecule has 1 aromatic heterocycles. The summed E-state index contributed by atoms with van der Waals surface area (Å²) < 4.78 is 11.5. The van der Waals surface area contributed by atoms with Crippen molar-refractivity contribution in [3.8, 4) is 0 Å². The number of fused-ring (bicyclic) bond motifs is 1. The summed E-state index contributed by atoms with van der Waals surface area (Å²) in [6.45, 7) is 5.82. The van der Waals surface area contributed by atoms with Gasteiger partial charge in [0.2, 0.25) is 0 Å². The Morgan fingerprint density at radius 1 is 1.35 bits per heavy atom. The van der Waals surface area contributed by atoms with Gasteiger partial charge in [0.15, 0.2) is 0 Å². The average molecular weight is 273 g/mol. The highest BCUT2D eigenvalue weighted by atomic mass is 16.5. The lowest BCUT2D eigenvalue weighted by molar-refractivity contribution is 0.183. The zero-order valence-corrected chi connectivity index (χ0v) is 12.5. The predicted molar refractivity (Wildman–Crippen MR) is 80.9 cm³/mol. The molecule has 0 atom stereocenters.